The summed E-state index contributed by atoms with van der Waals surface area (Å²) in [5.74, 6) is 0.150. The second kappa shape index (κ2) is 6.70. The van der Waals surface area contributed by atoms with Crippen LogP contribution in [0, 0.1) is 6.92 Å². The molecule has 1 aliphatic carbocycles. The van der Waals surface area contributed by atoms with Crippen LogP contribution in [0.5, 0.6) is 0 Å². The first-order chi connectivity index (χ1) is 12.1. The minimum Gasteiger partial charge on any atom is -0.446 e. The molecule has 2 saturated heterocycles. The maximum atomic E-state index is 12.6. The number of carbonyl (C=O) groups is 2. The Kier molecular flexibility index (Phi) is 4.40. The van der Waals surface area contributed by atoms with Crippen LogP contribution in [0.4, 0.5) is 4.79 Å². The molecule has 0 bridgehead atoms. The van der Waals surface area contributed by atoms with Crippen molar-refractivity contribution in [1.82, 2.24) is 9.80 Å². The van der Waals surface area contributed by atoms with Crippen molar-refractivity contribution in [3.8, 4) is 0 Å². The van der Waals surface area contributed by atoms with Gasteiger partial charge in [-0.25, -0.2) is 4.79 Å². The number of rotatable bonds is 3. The molecule has 5 nitrogen and oxygen atoms in total. The van der Waals surface area contributed by atoms with E-state index in [1.807, 2.05) is 17.0 Å². The summed E-state index contributed by atoms with van der Waals surface area (Å²) < 4.78 is 5.67. The number of hydrogen-bond acceptors (Lipinski definition) is 3. The van der Waals surface area contributed by atoms with Gasteiger partial charge in [0.2, 0.25) is 5.91 Å². The van der Waals surface area contributed by atoms with Crippen molar-refractivity contribution in [2.24, 2.45) is 0 Å². The first-order valence-electron chi connectivity index (χ1n) is 9.44. The first-order valence-corrected chi connectivity index (χ1v) is 9.44. The molecule has 4 rings (SSSR count). The molecule has 1 aromatic rings. The van der Waals surface area contributed by atoms with E-state index in [1.165, 1.54) is 11.1 Å². The molecule has 0 spiro atoms. The van der Waals surface area contributed by atoms with Crippen LogP contribution in [0.1, 0.15) is 49.7 Å². The lowest BCUT2D eigenvalue weighted by atomic mass is 10.1. The fraction of sp³-hybridized carbons (Fsp3) is 0.600. The third kappa shape index (κ3) is 3.12. The number of ether oxygens (including phenoxy) is 1. The Labute approximate surface area is 148 Å². The average molecular weight is 342 g/mol. The zero-order valence-corrected chi connectivity index (χ0v) is 14.8. The van der Waals surface area contributed by atoms with E-state index < -0.39 is 0 Å². The molecule has 3 aliphatic rings. The van der Waals surface area contributed by atoms with Crippen molar-refractivity contribution in [2.75, 3.05) is 6.54 Å². The highest BCUT2D eigenvalue weighted by molar-refractivity contribution is 5.82. The van der Waals surface area contributed by atoms with E-state index in [9.17, 15) is 9.59 Å². The van der Waals surface area contributed by atoms with E-state index in [2.05, 4.69) is 19.1 Å². The molecule has 2 aliphatic heterocycles. The second-order valence-electron chi connectivity index (χ2n) is 7.56. The summed E-state index contributed by atoms with van der Waals surface area (Å²) in [6.45, 7) is 3.41. The van der Waals surface area contributed by atoms with E-state index in [0.29, 0.717) is 19.5 Å². The van der Waals surface area contributed by atoms with Gasteiger partial charge in [0.1, 0.15) is 6.10 Å². The molecule has 0 N–H and O–H groups in total. The van der Waals surface area contributed by atoms with Gasteiger partial charge in [0.05, 0.1) is 12.1 Å². The van der Waals surface area contributed by atoms with Gasteiger partial charge in [-0.1, -0.05) is 24.3 Å². The molecule has 1 saturated carbocycles. The molecule has 2 heterocycles. The summed E-state index contributed by atoms with van der Waals surface area (Å²) in [6, 6.07) is 8.29. The minimum atomic E-state index is -0.218. The number of hydrogen-bond donors (Lipinski definition) is 0. The molecule has 3 fully saturated rings. The topological polar surface area (TPSA) is 49.9 Å². The summed E-state index contributed by atoms with van der Waals surface area (Å²) in [4.78, 5) is 28.9. The lowest BCUT2D eigenvalue weighted by Gasteiger charge is -2.26. The number of carbonyl (C=O) groups excluding carboxylic acids is 2. The fourth-order valence-electron chi connectivity index (χ4n) is 4.55. The summed E-state index contributed by atoms with van der Waals surface area (Å²) >= 11 is 0. The Balaban J connectivity index is 1.43. The highest BCUT2D eigenvalue weighted by Crippen LogP contribution is 2.35. The molecule has 0 radical (unpaired) electrons. The Morgan fingerprint density at radius 3 is 2.68 bits per heavy atom. The van der Waals surface area contributed by atoms with E-state index >= 15 is 0 Å². The van der Waals surface area contributed by atoms with E-state index in [0.717, 1.165) is 32.1 Å². The van der Waals surface area contributed by atoms with Crippen molar-refractivity contribution in [2.45, 2.75) is 70.2 Å². The van der Waals surface area contributed by atoms with Gasteiger partial charge >= 0.3 is 6.09 Å². The van der Waals surface area contributed by atoms with Gasteiger partial charge in [-0.15, -0.1) is 0 Å². The molecule has 134 valence electrons. The van der Waals surface area contributed by atoms with Crippen LogP contribution in [0.3, 0.4) is 0 Å². The summed E-state index contributed by atoms with van der Waals surface area (Å²) in [7, 11) is 0. The summed E-state index contributed by atoms with van der Waals surface area (Å²) in [5.41, 5.74) is 2.39. The number of amides is 2. The van der Waals surface area contributed by atoms with Crippen molar-refractivity contribution in [1.29, 1.82) is 0 Å². The Bertz CT molecular complexity index is 669. The number of nitrogens with zero attached hydrogens (tertiary/aromatic N) is 2. The third-order valence-corrected chi connectivity index (χ3v) is 6.02. The van der Waals surface area contributed by atoms with Gasteiger partial charge in [0, 0.05) is 19.5 Å². The van der Waals surface area contributed by atoms with Gasteiger partial charge in [0.15, 0.2) is 0 Å². The molecule has 5 heteroatoms. The molecular weight excluding hydrogens is 316 g/mol. The smallest absolute Gasteiger partial charge is 0.410 e. The molecule has 0 unspecified atom stereocenters. The van der Waals surface area contributed by atoms with E-state index in [4.69, 9.17) is 4.74 Å². The minimum absolute atomic E-state index is 0.0228. The molecule has 25 heavy (non-hydrogen) atoms. The van der Waals surface area contributed by atoms with Gasteiger partial charge in [-0.3, -0.25) is 4.79 Å². The number of benzene rings is 1. The number of fused-ring (bicyclic) bond motifs is 1. The quantitative estimate of drug-likeness (QED) is 0.847. The Morgan fingerprint density at radius 1 is 1.16 bits per heavy atom. The SMILES string of the molecule is Cc1ccccc1CN1C(=O)C[C@H]2[C@@H]1CCN2C(=O)OC1CCCC1. The largest absolute Gasteiger partial charge is 0.446 e. The highest BCUT2D eigenvalue weighted by atomic mass is 16.6. The molecule has 0 aromatic heterocycles. The van der Waals surface area contributed by atoms with Gasteiger partial charge < -0.3 is 14.5 Å². The predicted octanol–water partition coefficient (Wildman–Crippen LogP) is 3.25. The average Bonchev–Trinajstić information content (AvgIpc) is 3.29. The maximum Gasteiger partial charge on any atom is 0.410 e. The molecular formula is C20H26N2O3. The molecule has 1 aromatic carbocycles. The number of aryl methyl sites for hydroxylation is 1. The van der Waals surface area contributed by atoms with E-state index in [-0.39, 0.29) is 30.2 Å². The lowest BCUT2D eigenvalue weighted by Crippen LogP contribution is -2.41. The standard InChI is InChI=1S/C20H26N2O3/c1-14-6-2-3-7-15(14)13-22-17-10-11-21(18(17)12-19(22)23)20(24)25-16-8-4-5-9-16/h2-3,6-7,16-18H,4-5,8-13H2,1H3/t17-,18-/m0/s1. The molecule has 2 atom stereocenters. The van der Waals surface area contributed by atoms with Gasteiger partial charge in [0.25, 0.3) is 0 Å². The van der Waals surface area contributed by atoms with Crippen LogP contribution >= 0.6 is 0 Å². The number of likely N-dealkylation sites (tertiary alicyclic amines) is 2. The van der Waals surface area contributed by atoms with Gasteiger partial charge in [-0.2, -0.15) is 0 Å². The van der Waals surface area contributed by atoms with Crippen molar-refractivity contribution < 1.29 is 14.3 Å². The maximum absolute atomic E-state index is 12.6. The zero-order chi connectivity index (χ0) is 17.4. The van der Waals surface area contributed by atoms with Crippen LogP contribution in [0.15, 0.2) is 24.3 Å². The monoisotopic (exact) mass is 342 g/mol. The first kappa shape index (κ1) is 16.4. The molecule has 2 amide bonds. The van der Waals surface area contributed by atoms with Crippen LogP contribution in [-0.4, -0.2) is 46.5 Å². The van der Waals surface area contributed by atoms with Crippen molar-refractivity contribution in [3.05, 3.63) is 35.4 Å². The second-order valence-corrected chi connectivity index (χ2v) is 7.56. The Hall–Kier alpha value is -2.04. The van der Waals surface area contributed by atoms with Crippen LogP contribution in [0.25, 0.3) is 0 Å². The Morgan fingerprint density at radius 2 is 1.92 bits per heavy atom. The van der Waals surface area contributed by atoms with Gasteiger partial charge in [-0.05, 0) is 50.2 Å². The van der Waals surface area contributed by atoms with Crippen LogP contribution in [-0.2, 0) is 16.1 Å². The normalized spacial score (nSPS) is 26.4. The van der Waals surface area contributed by atoms with Crippen molar-refractivity contribution in [3.63, 3.8) is 0 Å². The van der Waals surface area contributed by atoms with E-state index in [1.54, 1.807) is 4.90 Å². The fourth-order valence-corrected chi connectivity index (χ4v) is 4.55. The summed E-state index contributed by atoms with van der Waals surface area (Å²) in [5, 5.41) is 0. The third-order valence-electron chi connectivity index (χ3n) is 6.02. The highest BCUT2D eigenvalue weighted by Gasteiger charge is 2.49. The summed E-state index contributed by atoms with van der Waals surface area (Å²) in [6.07, 6.45) is 5.38. The zero-order valence-electron chi connectivity index (χ0n) is 14.8. The van der Waals surface area contributed by atoms with Crippen LogP contribution < -0.4 is 0 Å². The van der Waals surface area contributed by atoms with Crippen molar-refractivity contribution >= 4 is 12.0 Å². The van der Waals surface area contributed by atoms with Crippen LogP contribution in [0.2, 0.25) is 0 Å². The lowest BCUT2D eigenvalue weighted by molar-refractivity contribution is -0.129. The predicted molar refractivity (Wildman–Crippen MR) is 94.0 cm³/mol.